The molecule has 1 heterocycles. The normalized spacial score (nSPS) is 15.5. The maximum atomic E-state index is 12.4. The fourth-order valence-electron chi connectivity index (χ4n) is 2.60. The van der Waals surface area contributed by atoms with Gasteiger partial charge in [-0.25, -0.2) is 4.98 Å². The van der Waals surface area contributed by atoms with Crippen LogP contribution in [0.1, 0.15) is 35.3 Å². The zero-order valence-corrected chi connectivity index (χ0v) is 13.4. The molecule has 1 aliphatic carbocycles. The van der Waals surface area contributed by atoms with Crippen molar-refractivity contribution < 1.29 is 9.90 Å². The van der Waals surface area contributed by atoms with Crippen LogP contribution in [-0.4, -0.2) is 28.6 Å². The monoisotopic (exact) mass is 316 g/mol. The minimum absolute atomic E-state index is 0.0690. The molecular weight excluding hydrogens is 296 g/mol. The number of nitrogens with zero attached hydrogens (tertiary/aromatic N) is 1. The van der Waals surface area contributed by atoms with Crippen LogP contribution in [-0.2, 0) is 0 Å². The first kappa shape index (κ1) is 15.2. The lowest BCUT2D eigenvalue weighted by molar-refractivity contribution is 0.0924. The van der Waals surface area contributed by atoms with Crippen molar-refractivity contribution >= 4 is 17.2 Å². The van der Waals surface area contributed by atoms with Gasteiger partial charge in [0.1, 0.15) is 5.01 Å². The fraction of sp³-hybridized carbons (Fsp3) is 0.412. The quantitative estimate of drug-likeness (QED) is 0.861. The molecule has 2 aromatic rings. The number of aryl methyl sites for hydroxylation is 1. The number of hydrogen-bond acceptors (Lipinski definition) is 4. The smallest absolute Gasteiger partial charge is 0.251 e. The minimum Gasteiger partial charge on any atom is -0.396 e. The van der Waals surface area contributed by atoms with E-state index in [4.69, 9.17) is 5.11 Å². The molecule has 116 valence electrons. The third-order valence-electron chi connectivity index (χ3n) is 3.94. The van der Waals surface area contributed by atoms with E-state index in [0.717, 1.165) is 29.1 Å². The number of carbonyl (C=O) groups is 1. The maximum Gasteiger partial charge on any atom is 0.251 e. The van der Waals surface area contributed by atoms with Crippen molar-refractivity contribution in [1.82, 2.24) is 10.3 Å². The van der Waals surface area contributed by atoms with Crippen molar-refractivity contribution in [3.63, 3.8) is 0 Å². The van der Waals surface area contributed by atoms with Gasteiger partial charge in [0.05, 0.1) is 0 Å². The summed E-state index contributed by atoms with van der Waals surface area (Å²) in [5.74, 6) is 0.460. The van der Waals surface area contributed by atoms with E-state index in [9.17, 15) is 4.79 Å². The molecule has 1 saturated carbocycles. The molecule has 1 atom stereocenters. The van der Waals surface area contributed by atoms with Crippen LogP contribution in [0.5, 0.6) is 0 Å². The molecular formula is C17H20N2O2S. The fourth-order valence-corrected chi connectivity index (χ4v) is 3.39. The van der Waals surface area contributed by atoms with Gasteiger partial charge in [-0.1, -0.05) is 12.1 Å². The Balaban J connectivity index is 1.75. The van der Waals surface area contributed by atoms with Gasteiger partial charge in [0.2, 0.25) is 0 Å². The number of nitrogens with one attached hydrogen (secondary N) is 1. The Labute approximate surface area is 134 Å². The number of amides is 1. The van der Waals surface area contributed by atoms with Crippen molar-refractivity contribution in [2.24, 2.45) is 5.92 Å². The highest BCUT2D eigenvalue weighted by molar-refractivity contribution is 7.13. The number of aliphatic hydroxyl groups is 1. The first-order chi connectivity index (χ1) is 10.7. The SMILES string of the molecule is Cc1csc(-c2cccc(C(=O)NC(CCO)C3CC3)c2)n1. The average Bonchev–Trinajstić information content (AvgIpc) is 3.28. The molecule has 1 amide bonds. The molecule has 0 spiro atoms. The van der Waals surface area contributed by atoms with Crippen LogP contribution in [0.2, 0.25) is 0 Å². The van der Waals surface area contributed by atoms with Crippen LogP contribution < -0.4 is 5.32 Å². The molecule has 1 unspecified atom stereocenters. The summed E-state index contributed by atoms with van der Waals surface area (Å²) in [5.41, 5.74) is 2.61. The molecule has 5 heteroatoms. The van der Waals surface area contributed by atoms with Gasteiger partial charge in [-0.05, 0) is 44.2 Å². The van der Waals surface area contributed by atoms with Crippen molar-refractivity contribution in [3.8, 4) is 10.6 Å². The van der Waals surface area contributed by atoms with Crippen LogP contribution in [0, 0.1) is 12.8 Å². The van der Waals surface area contributed by atoms with E-state index in [1.807, 2.05) is 36.6 Å². The summed E-state index contributed by atoms with van der Waals surface area (Å²) in [7, 11) is 0. The Morgan fingerprint density at radius 3 is 2.95 bits per heavy atom. The second-order valence-corrected chi connectivity index (χ2v) is 6.66. The molecule has 1 aromatic carbocycles. The Kier molecular flexibility index (Phi) is 4.55. The number of carbonyl (C=O) groups excluding carboxylic acids is 1. The lowest BCUT2D eigenvalue weighted by atomic mass is 10.1. The van der Waals surface area contributed by atoms with E-state index in [-0.39, 0.29) is 18.6 Å². The highest BCUT2D eigenvalue weighted by atomic mass is 32.1. The molecule has 1 fully saturated rings. The second kappa shape index (κ2) is 6.58. The average molecular weight is 316 g/mol. The van der Waals surface area contributed by atoms with Gasteiger partial charge in [0, 0.05) is 34.8 Å². The topological polar surface area (TPSA) is 62.2 Å². The first-order valence-corrected chi connectivity index (χ1v) is 8.49. The van der Waals surface area contributed by atoms with Crippen molar-refractivity contribution in [1.29, 1.82) is 0 Å². The van der Waals surface area contributed by atoms with Crippen LogP contribution in [0.25, 0.3) is 10.6 Å². The molecule has 0 radical (unpaired) electrons. The number of aliphatic hydroxyl groups excluding tert-OH is 1. The zero-order chi connectivity index (χ0) is 15.5. The zero-order valence-electron chi connectivity index (χ0n) is 12.6. The van der Waals surface area contributed by atoms with Crippen LogP contribution >= 0.6 is 11.3 Å². The molecule has 22 heavy (non-hydrogen) atoms. The Morgan fingerprint density at radius 1 is 1.50 bits per heavy atom. The molecule has 1 aromatic heterocycles. The Hall–Kier alpha value is -1.72. The molecule has 0 aliphatic heterocycles. The molecule has 0 saturated heterocycles. The maximum absolute atomic E-state index is 12.4. The predicted octanol–water partition coefficient (Wildman–Crippen LogP) is 3.01. The number of aromatic nitrogens is 1. The Morgan fingerprint density at radius 2 is 2.32 bits per heavy atom. The molecule has 2 N–H and O–H groups in total. The highest BCUT2D eigenvalue weighted by Gasteiger charge is 2.31. The van der Waals surface area contributed by atoms with Gasteiger partial charge in [-0.3, -0.25) is 4.79 Å². The van der Waals surface area contributed by atoms with E-state index in [2.05, 4.69) is 10.3 Å². The number of thiazole rings is 1. The van der Waals surface area contributed by atoms with Crippen LogP contribution in [0.4, 0.5) is 0 Å². The Bertz CT molecular complexity index is 664. The summed E-state index contributed by atoms with van der Waals surface area (Å²) in [6, 6.07) is 7.65. The largest absolute Gasteiger partial charge is 0.396 e. The van der Waals surface area contributed by atoms with Crippen molar-refractivity contribution in [2.45, 2.75) is 32.2 Å². The standard InChI is InChI=1S/C17H20N2O2S/c1-11-10-22-17(18-11)14-4-2-3-13(9-14)16(21)19-15(7-8-20)12-5-6-12/h2-4,9-10,12,15,20H,5-8H2,1H3,(H,19,21). The minimum atomic E-state index is -0.0690. The van der Waals surface area contributed by atoms with E-state index < -0.39 is 0 Å². The van der Waals surface area contributed by atoms with E-state index in [1.54, 1.807) is 11.3 Å². The van der Waals surface area contributed by atoms with Gasteiger partial charge < -0.3 is 10.4 Å². The van der Waals surface area contributed by atoms with Crippen molar-refractivity contribution in [2.75, 3.05) is 6.61 Å². The lowest BCUT2D eigenvalue weighted by Crippen LogP contribution is -2.37. The van der Waals surface area contributed by atoms with Gasteiger partial charge in [-0.15, -0.1) is 11.3 Å². The first-order valence-electron chi connectivity index (χ1n) is 7.61. The van der Waals surface area contributed by atoms with Crippen LogP contribution in [0.3, 0.4) is 0 Å². The summed E-state index contributed by atoms with van der Waals surface area (Å²) >= 11 is 1.58. The third-order valence-corrected chi connectivity index (χ3v) is 4.95. The van der Waals surface area contributed by atoms with Gasteiger partial charge in [0.25, 0.3) is 5.91 Å². The van der Waals surface area contributed by atoms with Gasteiger partial charge in [0.15, 0.2) is 0 Å². The van der Waals surface area contributed by atoms with E-state index in [0.29, 0.717) is 17.9 Å². The molecule has 3 rings (SSSR count). The molecule has 4 nitrogen and oxygen atoms in total. The number of hydrogen-bond donors (Lipinski definition) is 2. The molecule has 0 bridgehead atoms. The summed E-state index contributed by atoms with van der Waals surface area (Å²) < 4.78 is 0. The van der Waals surface area contributed by atoms with Crippen molar-refractivity contribution in [3.05, 3.63) is 40.9 Å². The molecule has 1 aliphatic rings. The van der Waals surface area contributed by atoms with E-state index >= 15 is 0 Å². The van der Waals surface area contributed by atoms with Gasteiger partial charge >= 0.3 is 0 Å². The number of benzene rings is 1. The second-order valence-electron chi connectivity index (χ2n) is 5.80. The van der Waals surface area contributed by atoms with Crippen LogP contribution in [0.15, 0.2) is 29.6 Å². The van der Waals surface area contributed by atoms with E-state index in [1.165, 1.54) is 0 Å². The summed E-state index contributed by atoms with van der Waals surface area (Å²) in [5, 5.41) is 15.1. The third kappa shape index (κ3) is 3.54. The predicted molar refractivity (Wildman–Crippen MR) is 88.0 cm³/mol. The summed E-state index contributed by atoms with van der Waals surface area (Å²) in [6.07, 6.45) is 2.91. The summed E-state index contributed by atoms with van der Waals surface area (Å²) in [6.45, 7) is 2.07. The summed E-state index contributed by atoms with van der Waals surface area (Å²) in [4.78, 5) is 16.9. The number of rotatable bonds is 6. The highest BCUT2D eigenvalue weighted by Crippen LogP contribution is 2.34. The lowest BCUT2D eigenvalue weighted by Gasteiger charge is -2.17. The van der Waals surface area contributed by atoms with Gasteiger partial charge in [-0.2, -0.15) is 0 Å².